The Balaban J connectivity index is 4.16. The fourth-order valence-corrected chi connectivity index (χ4v) is 3.85. The fraction of sp³-hybridized carbons (Fsp3) is 0.926. The molecule has 0 aromatic carbocycles. The normalized spacial score (nSPS) is 12.1. The van der Waals surface area contributed by atoms with Crippen LogP contribution in [0.2, 0.25) is 0 Å². The summed E-state index contributed by atoms with van der Waals surface area (Å²) in [5, 5.41) is 29.0. The van der Waals surface area contributed by atoms with Crippen LogP contribution in [0.25, 0.3) is 0 Å². The summed E-state index contributed by atoms with van der Waals surface area (Å²) in [6.07, 6.45) is 19.7. The van der Waals surface area contributed by atoms with E-state index >= 15 is 0 Å². The van der Waals surface area contributed by atoms with Gasteiger partial charge in [-0.25, -0.2) is 0 Å². The van der Waals surface area contributed by atoms with Gasteiger partial charge in [0.25, 0.3) is 0 Å². The second-order valence-corrected chi connectivity index (χ2v) is 9.69. The van der Waals surface area contributed by atoms with Crippen LogP contribution < -0.4 is 0 Å². The Morgan fingerprint density at radius 3 is 1.06 bits per heavy atom. The summed E-state index contributed by atoms with van der Waals surface area (Å²) in [4.78, 5) is 24.3. The van der Waals surface area contributed by atoms with E-state index in [1.54, 1.807) is 0 Å². The Hall–Kier alpha value is -1.18. The quantitative estimate of drug-likeness (QED) is 0.0883. The number of rotatable bonds is 23. The SMILES string of the molecule is CCCCCCCCCCCC(=O)OC(C)(OC(=O)CCCCCCCCCCC)C(O)(O)O. The predicted molar refractivity (Wildman–Crippen MR) is 134 cm³/mol. The molecule has 34 heavy (non-hydrogen) atoms. The Kier molecular flexibility index (Phi) is 19.4. The van der Waals surface area contributed by atoms with E-state index in [0.29, 0.717) is 12.8 Å². The number of carbonyl (C=O) groups is 2. The summed E-state index contributed by atoms with van der Waals surface area (Å²) in [5.41, 5.74) is 0. The molecular formula is C27H52O7. The summed E-state index contributed by atoms with van der Waals surface area (Å²) in [6, 6.07) is 0. The molecule has 0 aromatic rings. The van der Waals surface area contributed by atoms with Crippen molar-refractivity contribution >= 4 is 11.9 Å². The average Bonchev–Trinajstić information content (AvgIpc) is 2.76. The molecule has 3 N–H and O–H groups in total. The number of esters is 2. The number of carbonyl (C=O) groups excluding carboxylic acids is 2. The molecule has 0 aliphatic heterocycles. The van der Waals surface area contributed by atoms with E-state index in [2.05, 4.69) is 13.8 Å². The van der Waals surface area contributed by atoms with Crippen molar-refractivity contribution in [1.82, 2.24) is 0 Å². The molecule has 0 aliphatic carbocycles. The van der Waals surface area contributed by atoms with E-state index in [1.165, 1.54) is 64.2 Å². The minimum absolute atomic E-state index is 0.0529. The fourth-order valence-electron chi connectivity index (χ4n) is 3.85. The van der Waals surface area contributed by atoms with Gasteiger partial charge in [-0.05, 0) is 12.8 Å². The van der Waals surface area contributed by atoms with Crippen LogP contribution in [0.15, 0.2) is 0 Å². The molecule has 0 saturated heterocycles. The third-order valence-electron chi connectivity index (χ3n) is 6.20. The topological polar surface area (TPSA) is 113 Å². The maximum Gasteiger partial charge on any atom is 0.357 e. The van der Waals surface area contributed by atoms with Crippen molar-refractivity contribution in [2.45, 2.75) is 161 Å². The van der Waals surface area contributed by atoms with Gasteiger partial charge in [0.05, 0.1) is 0 Å². The van der Waals surface area contributed by atoms with Crippen LogP contribution in [0.3, 0.4) is 0 Å². The molecule has 0 heterocycles. The van der Waals surface area contributed by atoms with E-state index in [-0.39, 0.29) is 12.8 Å². The second kappa shape index (κ2) is 20.1. The van der Waals surface area contributed by atoms with E-state index in [0.717, 1.165) is 45.4 Å². The summed E-state index contributed by atoms with van der Waals surface area (Å²) >= 11 is 0. The number of aliphatic hydroxyl groups is 3. The van der Waals surface area contributed by atoms with Crippen LogP contribution in [-0.2, 0) is 19.1 Å². The van der Waals surface area contributed by atoms with Gasteiger partial charge in [-0.2, -0.15) is 0 Å². The zero-order chi connectivity index (χ0) is 25.7. The first kappa shape index (κ1) is 32.8. The van der Waals surface area contributed by atoms with E-state index in [4.69, 9.17) is 9.47 Å². The largest absolute Gasteiger partial charge is 0.414 e. The van der Waals surface area contributed by atoms with Gasteiger partial charge in [0, 0.05) is 19.8 Å². The summed E-state index contributed by atoms with van der Waals surface area (Å²) in [7, 11) is 0. The van der Waals surface area contributed by atoms with Crippen molar-refractivity contribution in [1.29, 1.82) is 0 Å². The van der Waals surface area contributed by atoms with Gasteiger partial charge in [-0.1, -0.05) is 117 Å². The molecule has 0 fully saturated rings. The van der Waals surface area contributed by atoms with Crippen LogP contribution in [0.4, 0.5) is 0 Å². The van der Waals surface area contributed by atoms with E-state index < -0.39 is 23.7 Å². The summed E-state index contributed by atoms with van der Waals surface area (Å²) < 4.78 is 10.0. The molecule has 0 atom stereocenters. The first-order valence-corrected chi connectivity index (χ1v) is 13.8. The van der Waals surface area contributed by atoms with Crippen molar-refractivity contribution in [2.75, 3.05) is 0 Å². The monoisotopic (exact) mass is 488 g/mol. The van der Waals surface area contributed by atoms with Crippen molar-refractivity contribution < 1.29 is 34.4 Å². The van der Waals surface area contributed by atoms with Crippen LogP contribution in [-0.4, -0.2) is 39.0 Å². The van der Waals surface area contributed by atoms with Gasteiger partial charge < -0.3 is 24.8 Å². The third kappa shape index (κ3) is 17.3. The molecule has 0 radical (unpaired) electrons. The predicted octanol–water partition coefficient (Wildman–Crippen LogP) is 6.26. The molecular weight excluding hydrogens is 436 g/mol. The molecule has 0 saturated carbocycles. The maximum absolute atomic E-state index is 12.2. The minimum atomic E-state index is -3.49. The van der Waals surface area contributed by atoms with E-state index in [1.807, 2.05) is 0 Å². The lowest BCUT2D eigenvalue weighted by molar-refractivity contribution is -0.439. The number of ether oxygens (including phenoxy) is 2. The van der Waals surface area contributed by atoms with Gasteiger partial charge in [0.2, 0.25) is 0 Å². The molecule has 7 heteroatoms. The lowest BCUT2D eigenvalue weighted by atomic mass is 10.1. The molecule has 0 unspecified atom stereocenters. The first-order valence-electron chi connectivity index (χ1n) is 13.8. The lowest BCUT2D eigenvalue weighted by Gasteiger charge is -2.35. The number of unbranched alkanes of at least 4 members (excludes halogenated alkanes) is 16. The maximum atomic E-state index is 12.2. The Morgan fingerprint density at radius 2 is 0.794 bits per heavy atom. The van der Waals surface area contributed by atoms with Gasteiger partial charge in [-0.3, -0.25) is 9.59 Å². The summed E-state index contributed by atoms with van der Waals surface area (Å²) in [6.45, 7) is 5.37. The minimum Gasteiger partial charge on any atom is -0.414 e. The van der Waals surface area contributed by atoms with E-state index in [9.17, 15) is 24.9 Å². The Bertz CT molecular complexity index is 478. The number of hydrogen-bond donors (Lipinski definition) is 3. The highest BCUT2D eigenvalue weighted by atomic mass is 16.8. The Morgan fingerprint density at radius 1 is 0.529 bits per heavy atom. The molecule has 0 aromatic heterocycles. The van der Waals surface area contributed by atoms with Crippen LogP contribution in [0, 0.1) is 0 Å². The molecule has 0 bridgehead atoms. The van der Waals surface area contributed by atoms with Crippen molar-refractivity contribution in [3.05, 3.63) is 0 Å². The highest BCUT2D eigenvalue weighted by Gasteiger charge is 2.52. The van der Waals surface area contributed by atoms with Gasteiger partial charge >= 0.3 is 23.7 Å². The van der Waals surface area contributed by atoms with Gasteiger partial charge in [0.15, 0.2) is 0 Å². The smallest absolute Gasteiger partial charge is 0.357 e. The van der Waals surface area contributed by atoms with Crippen LogP contribution >= 0.6 is 0 Å². The second-order valence-electron chi connectivity index (χ2n) is 9.69. The van der Waals surface area contributed by atoms with Crippen molar-refractivity contribution in [2.24, 2.45) is 0 Å². The average molecular weight is 489 g/mol. The molecule has 0 spiro atoms. The summed E-state index contributed by atoms with van der Waals surface area (Å²) in [5.74, 6) is -7.56. The first-order chi connectivity index (χ1) is 16.2. The molecule has 7 nitrogen and oxygen atoms in total. The van der Waals surface area contributed by atoms with Crippen LogP contribution in [0.1, 0.15) is 149 Å². The van der Waals surface area contributed by atoms with Gasteiger partial charge in [0.1, 0.15) is 0 Å². The molecule has 0 amide bonds. The zero-order valence-electron chi connectivity index (χ0n) is 22.1. The molecule has 0 aliphatic rings. The standard InChI is InChI=1S/C27H52O7/c1-4-6-8-10-12-14-16-18-20-22-24(28)33-26(3,27(30,31)32)34-25(29)23-21-19-17-15-13-11-9-7-5-2/h30-32H,4-23H2,1-3H3. The van der Waals surface area contributed by atoms with Crippen molar-refractivity contribution in [3.63, 3.8) is 0 Å². The highest BCUT2D eigenvalue weighted by Crippen LogP contribution is 2.26. The highest BCUT2D eigenvalue weighted by molar-refractivity contribution is 5.72. The van der Waals surface area contributed by atoms with Crippen LogP contribution in [0.5, 0.6) is 0 Å². The number of hydrogen-bond acceptors (Lipinski definition) is 7. The molecule has 202 valence electrons. The third-order valence-corrected chi connectivity index (χ3v) is 6.20. The molecule has 0 rings (SSSR count). The Labute approximate surface area is 207 Å². The van der Waals surface area contributed by atoms with Crippen molar-refractivity contribution in [3.8, 4) is 0 Å². The van der Waals surface area contributed by atoms with Gasteiger partial charge in [-0.15, -0.1) is 0 Å². The lowest BCUT2D eigenvalue weighted by Crippen LogP contribution is -2.57. The zero-order valence-corrected chi connectivity index (χ0v) is 22.1.